The first-order valence-corrected chi connectivity index (χ1v) is 7.88. The molecule has 1 aromatic heterocycles. The lowest BCUT2D eigenvalue weighted by molar-refractivity contribution is -0.148. The highest BCUT2D eigenvalue weighted by Gasteiger charge is 2.39. The average molecular weight is 342 g/mol. The molecule has 1 aromatic carbocycles. The molecule has 0 saturated carbocycles. The molecule has 1 aliphatic heterocycles. The Balaban J connectivity index is 1.63. The van der Waals surface area contributed by atoms with Crippen LogP contribution in [0.25, 0.3) is 0 Å². The molecule has 3 rings (SSSR count). The Morgan fingerprint density at radius 2 is 1.91 bits per heavy atom. The maximum atomic E-state index is 12.8. The summed E-state index contributed by atoms with van der Waals surface area (Å²) in [6.45, 7) is 0.332. The molecular weight excluding hydrogens is 329 g/mol. The molecule has 5 nitrogen and oxygen atoms in total. The number of carbonyl (C=O) groups is 1. The van der Waals surface area contributed by atoms with E-state index >= 15 is 0 Å². The van der Waals surface area contributed by atoms with Crippen molar-refractivity contribution in [2.45, 2.75) is 24.2 Å². The Morgan fingerprint density at radius 1 is 1.17 bits per heavy atom. The van der Waals surface area contributed by atoms with Crippen molar-refractivity contribution in [3.05, 3.63) is 42.0 Å². The zero-order valence-electron chi connectivity index (χ0n) is 12.0. The molecule has 9 heteroatoms. The number of benzene rings is 1. The quantitative estimate of drug-likeness (QED) is 0.804. The summed E-state index contributed by atoms with van der Waals surface area (Å²) in [5, 5.41) is 6.77. The Kier molecular flexibility index (Phi) is 4.29. The Bertz CT molecular complexity index is 702. The van der Waals surface area contributed by atoms with E-state index in [-0.39, 0.29) is 37.1 Å². The van der Waals surface area contributed by atoms with E-state index in [0.29, 0.717) is 0 Å². The minimum absolute atomic E-state index is 0.0528. The van der Waals surface area contributed by atoms with E-state index < -0.39 is 12.0 Å². The number of rotatable bonds is 3. The number of fused-ring (bicyclic) bond motifs is 1. The van der Waals surface area contributed by atoms with Crippen molar-refractivity contribution in [2.75, 3.05) is 12.3 Å². The third kappa shape index (κ3) is 3.49. The summed E-state index contributed by atoms with van der Waals surface area (Å²) in [4.78, 5) is 14.7. The third-order valence-electron chi connectivity index (χ3n) is 3.46. The summed E-state index contributed by atoms with van der Waals surface area (Å²) in [7, 11) is 0. The third-order valence-corrected chi connectivity index (χ3v) is 4.46. The standard InChI is InChI=1S/C14H13F3N4OS/c15-14(16,17)13-19-18-11-8-20(6-7-21(11)13)12(22)9-23-10-4-2-1-3-5-10/h1-5H,6-9H2. The van der Waals surface area contributed by atoms with Gasteiger partial charge in [0.05, 0.1) is 12.3 Å². The Labute approximate surface area is 134 Å². The van der Waals surface area contributed by atoms with Gasteiger partial charge in [-0.15, -0.1) is 22.0 Å². The lowest BCUT2D eigenvalue weighted by atomic mass is 10.3. The lowest BCUT2D eigenvalue weighted by Crippen LogP contribution is -2.40. The largest absolute Gasteiger partial charge is 0.451 e. The van der Waals surface area contributed by atoms with Crippen LogP contribution in [-0.4, -0.2) is 37.9 Å². The van der Waals surface area contributed by atoms with Gasteiger partial charge in [-0.05, 0) is 12.1 Å². The van der Waals surface area contributed by atoms with Gasteiger partial charge in [-0.3, -0.25) is 4.79 Å². The zero-order valence-corrected chi connectivity index (χ0v) is 12.8. The predicted molar refractivity (Wildman–Crippen MR) is 77.6 cm³/mol. The number of thioether (sulfide) groups is 1. The van der Waals surface area contributed by atoms with Crippen LogP contribution in [0.4, 0.5) is 13.2 Å². The number of alkyl halides is 3. The SMILES string of the molecule is O=C(CSc1ccccc1)N1CCn2c(nnc2C(F)(F)F)C1. The van der Waals surface area contributed by atoms with E-state index in [9.17, 15) is 18.0 Å². The normalized spacial score (nSPS) is 14.7. The van der Waals surface area contributed by atoms with Crippen molar-refractivity contribution < 1.29 is 18.0 Å². The van der Waals surface area contributed by atoms with Crippen LogP contribution in [-0.2, 0) is 24.1 Å². The van der Waals surface area contributed by atoms with Crippen LogP contribution in [0.5, 0.6) is 0 Å². The van der Waals surface area contributed by atoms with Crippen LogP contribution in [0.3, 0.4) is 0 Å². The van der Waals surface area contributed by atoms with Crippen molar-refractivity contribution in [3.63, 3.8) is 0 Å². The molecule has 1 aliphatic rings. The van der Waals surface area contributed by atoms with Gasteiger partial charge in [0.25, 0.3) is 0 Å². The summed E-state index contributed by atoms with van der Waals surface area (Å²) >= 11 is 1.40. The highest BCUT2D eigenvalue weighted by Crippen LogP contribution is 2.29. The van der Waals surface area contributed by atoms with E-state index in [0.717, 1.165) is 9.46 Å². The molecule has 0 N–H and O–H groups in total. The second-order valence-corrected chi connectivity index (χ2v) is 6.06. The van der Waals surface area contributed by atoms with E-state index in [4.69, 9.17) is 0 Å². The minimum atomic E-state index is -4.53. The smallest absolute Gasteiger partial charge is 0.333 e. The van der Waals surface area contributed by atoms with Gasteiger partial charge in [0.15, 0.2) is 5.82 Å². The molecule has 0 unspecified atom stereocenters. The minimum Gasteiger partial charge on any atom is -0.333 e. The lowest BCUT2D eigenvalue weighted by Gasteiger charge is -2.28. The van der Waals surface area contributed by atoms with Gasteiger partial charge in [0.1, 0.15) is 0 Å². The molecule has 0 fully saturated rings. The Hall–Kier alpha value is -2.03. The van der Waals surface area contributed by atoms with E-state index in [1.165, 1.54) is 16.7 Å². The molecule has 0 spiro atoms. The molecule has 0 saturated heterocycles. The summed E-state index contributed by atoms with van der Waals surface area (Å²) in [6.07, 6.45) is -4.53. The first-order valence-electron chi connectivity index (χ1n) is 6.90. The molecule has 122 valence electrons. The van der Waals surface area contributed by atoms with Crippen molar-refractivity contribution in [1.82, 2.24) is 19.7 Å². The van der Waals surface area contributed by atoms with E-state index in [1.807, 2.05) is 30.3 Å². The summed E-state index contributed by atoms with van der Waals surface area (Å²) in [6, 6.07) is 9.46. The van der Waals surface area contributed by atoms with Gasteiger partial charge in [0, 0.05) is 18.0 Å². The zero-order chi connectivity index (χ0) is 16.4. The van der Waals surface area contributed by atoms with Gasteiger partial charge >= 0.3 is 6.18 Å². The average Bonchev–Trinajstić information content (AvgIpc) is 2.96. The van der Waals surface area contributed by atoms with Gasteiger partial charge in [-0.25, -0.2) is 0 Å². The van der Waals surface area contributed by atoms with E-state index in [1.54, 1.807) is 0 Å². The maximum Gasteiger partial charge on any atom is 0.451 e. The molecule has 0 aliphatic carbocycles. The van der Waals surface area contributed by atoms with Crippen LogP contribution < -0.4 is 0 Å². The fraction of sp³-hybridized carbons (Fsp3) is 0.357. The Morgan fingerprint density at radius 3 is 2.61 bits per heavy atom. The molecule has 1 amide bonds. The molecule has 2 heterocycles. The first-order chi connectivity index (χ1) is 10.9. The van der Waals surface area contributed by atoms with Gasteiger partial charge < -0.3 is 9.47 Å². The molecule has 0 radical (unpaired) electrons. The molecular formula is C14H13F3N4OS. The summed E-state index contributed by atoms with van der Waals surface area (Å²) in [5.74, 6) is -0.717. The number of amides is 1. The number of aromatic nitrogens is 3. The van der Waals surface area contributed by atoms with Gasteiger partial charge in [0.2, 0.25) is 11.7 Å². The number of hydrogen-bond donors (Lipinski definition) is 0. The molecule has 0 atom stereocenters. The van der Waals surface area contributed by atoms with Crippen molar-refractivity contribution in [2.24, 2.45) is 0 Å². The van der Waals surface area contributed by atoms with Crippen LogP contribution in [0, 0.1) is 0 Å². The highest BCUT2D eigenvalue weighted by molar-refractivity contribution is 8.00. The van der Waals surface area contributed by atoms with Gasteiger partial charge in [-0.1, -0.05) is 18.2 Å². The monoisotopic (exact) mass is 342 g/mol. The number of hydrogen-bond acceptors (Lipinski definition) is 4. The number of nitrogens with zero attached hydrogens (tertiary/aromatic N) is 4. The fourth-order valence-electron chi connectivity index (χ4n) is 2.33. The number of carbonyl (C=O) groups excluding carboxylic acids is 1. The maximum absolute atomic E-state index is 12.8. The van der Waals surface area contributed by atoms with Crippen LogP contribution >= 0.6 is 11.8 Å². The molecule has 0 bridgehead atoms. The molecule has 23 heavy (non-hydrogen) atoms. The van der Waals surface area contributed by atoms with Crippen molar-refractivity contribution >= 4 is 17.7 Å². The second kappa shape index (κ2) is 6.23. The highest BCUT2D eigenvalue weighted by atomic mass is 32.2. The predicted octanol–water partition coefficient (Wildman–Crippen LogP) is 2.43. The summed E-state index contributed by atoms with van der Waals surface area (Å²) in [5.41, 5.74) is 0. The summed E-state index contributed by atoms with van der Waals surface area (Å²) < 4.78 is 39.3. The van der Waals surface area contributed by atoms with E-state index in [2.05, 4.69) is 10.2 Å². The van der Waals surface area contributed by atoms with Crippen LogP contribution in [0.15, 0.2) is 35.2 Å². The van der Waals surface area contributed by atoms with Crippen molar-refractivity contribution in [1.29, 1.82) is 0 Å². The van der Waals surface area contributed by atoms with Gasteiger partial charge in [-0.2, -0.15) is 13.2 Å². The first kappa shape index (κ1) is 15.9. The fourth-order valence-corrected chi connectivity index (χ4v) is 3.16. The second-order valence-electron chi connectivity index (χ2n) is 5.01. The molecule has 2 aromatic rings. The van der Waals surface area contributed by atoms with Crippen LogP contribution in [0.1, 0.15) is 11.6 Å². The van der Waals surface area contributed by atoms with Crippen molar-refractivity contribution in [3.8, 4) is 0 Å². The van der Waals surface area contributed by atoms with Crippen LogP contribution in [0.2, 0.25) is 0 Å². The number of halogens is 3. The topological polar surface area (TPSA) is 51.0 Å².